The van der Waals surface area contributed by atoms with Crippen molar-refractivity contribution < 1.29 is 14.6 Å². The van der Waals surface area contributed by atoms with Crippen molar-refractivity contribution >= 4 is 22.3 Å². The van der Waals surface area contributed by atoms with Crippen LogP contribution in [-0.2, 0) is 0 Å². The van der Waals surface area contributed by atoms with E-state index >= 15 is 0 Å². The van der Waals surface area contributed by atoms with Crippen molar-refractivity contribution in [2.75, 3.05) is 6.61 Å². The molecule has 0 aliphatic rings. The first-order valence-corrected chi connectivity index (χ1v) is 10.9. The van der Waals surface area contributed by atoms with E-state index in [4.69, 9.17) is 9.84 Å². The highest BCUT2D eigenvalue weighted by atomic mass is 32.1. The molecular weight excluding hydrogens is 398 g/mol. The number of benzene rings is 2. The fraction of sp³-hybridized carbons (Fsp3) is 0.261. The van der Waals surface area contributed by atoms with E-state index in [1.165, 1.54) is 30.6 Å². The lowest BCUT2D eigenvalue weighted by Gasteiger charge is -2.06. The zero-order valence-corrected chi connectivity index (χ0v) is 17.6. The highest BCUT2D eigenvalue weighted by Crippen LogP contribution is 2.29. The smallest absolute Gasteiger partial charge is 0.335 e. The van der Waals surface area contributed by atoms with Crippen LogP contribution >= 0.6 is 11.3 Å². The summed E-state index contributed by atoms with van der Waals surface area (Å²) in [6.45, 7) is 2.95. The molecule has 0 spiro atoms. The second kappa shape index (κ2) is 9.09. The Balaban J connectivity index is 1.44. The first kappa shape index (κ1) is 20.1. The van der Waals surface area contributed by atoms with Gasteiger partial charge in [0, 0.05) is 11.1 Å². The number of ether oxygens (including phenoxy) is 1. The van der Waals surface area contributed by atoms with E-state index in [0.29, 0.717) is 0 Å². The van der Waals surface area contributed by atoms with E-state index in [1.807, 2.05) is 30.5 Å². The molecule has 0 bridgehead atoms. The van der Waals surface area contributed by atoms with Gasteiger partial charge in [0.1, 0.15) is 10.8 Å². The second-order valence-corrected chi connectivity index (χ2v) is 8.03. The van der Waals surface area contributed by atoms with Crippen molar-refractivity contribution in [3.63, 3.8) is 0 Å². The monoisotopic (exact) mass is 421 g/mol. The van der Waals surface area contributed by atoms with Gasteiger partial charge in [-0.25, -0.2) is 14.3 Å². The number of carboxylic acids is 1. The summed E-state index contributed by atoms with van der Waals surface area (Å²) in [5, 5.41) is 14.4. The fourth-order valence-corrected chi connectivity index (χ4v) is 4.04. The molecule has 0 radical (unpaired) electrons. The van der Waals surface area contributed by atoms with E-state index in [1.54, 1.807) is 28.8 Å². The van der Waals surface area contributed by atoms with Crippen molar-refractivity contribution in [3.05, 3.63) is 60.3 Å². The minimum atomic E-state index is -0.937. The third kappa shape index (κ3) is 4.52. The van der Waals surface area contributed by atoms with Gasteiger partial charge in [-0.1, -0.05) is 49.7 Å². The molecule has 0 saturated carbocycles. The lowest BCUT2D eigenvalue weighted by Crippen LogP contribution is -1.96. The van der Waals surface area contributed by atoms with Crippen LogP contribution in [0.25, 0.3) is 26.8 Å². The summed E-state index contributed by atoms with van der Waals surface area (Å²) in [5.41, 5.74) is 3.00. The molecule has 2 heterocycles. The number of carbonyl (C=O) groups is 1. The molecule has 1 N–H and O–H groups in total. The van der Waals surface area contributed by atoms with Gasteiger partial charge in [-0.3, -0.25) is 0 Å². The number of hydrogen-bond donors (Lipinski definition) is 1. The Morgan fingerprint density at radius 2 is 1.77 bits per heavy atom. The number of imidazole rings is 1. The maximum Gasteiger partial charge on any atom is 0.335 e. The van der Waals surface area contributed by atoms with Crippen molar-refractivity contribution in [1.29, 1.82) is 0 Å². The van der Waals surface area contributed by atoms with Gasteiger partial charge in [-0.2, -0.15) is 5.10 Å². The Bertz CT molecular complexity index is 1100. The predicted octanol–water partition coefficient (Wildman–Crippen LogP) is 5.78. The van der Waals surface area contributed by atoms with Crippen LogP contribution in [0.3, 0.4) is 0 Å². The number of nitrogens with zero attached hydrogens (tertiary/aromatic N) is 3. The average molecular weight is 422 g/mol. The molecule has 0 aliphatic heterocycles. The molecule has 6 nitrogen and oxygen atoms in total. The third-order valence-corrected chi connectivity index (χ3v) is 5.81. The van der Waals surface area contributed by atoms with Gasteiger partial charge in [0.15, 0.2) is 0 Å². The van der Waals surface area contributed by atoms with Gasteiger partial charge in [0.25, 0.3) is 0 Å². The zero-order chi connectivity index (χ0) is 20.9. The van der Waals surface area contributed by atoms with Crippen molar-refractivity contribution in [3.8, 4) is 27.6 Å². The van der Waals surface area contributed by atoms with Crippen LogP contribution in [-0.4, -0.2) is 32.3 Å². The number of aromatic nitrogens is 3. The standard InChI is InChI=1S/C23H23N3O3S/c1-2-3-4-5-14-29-19-12-10-16(11-13-19)20-15-26-23(24-20)30-21(25-26)17-6-8-18(9-7-17)22(27)28/h6-13,15H,2-5,14H2,1H3,(H,27,28). The third-order valence-electron chi connectivity index (χ3n) is 4.84. The van der Waals surface area contributed by atoms with Crippen LogP contribution in [0.2, 0.25) is 0 Å². The van der Waals surface area contributed by atoms with E-state index in [9.17, 15) is 4.79 Å². The minimum Gasteiger partial charge on any atom is -0.494 e. The molecule has 0 fully saturated rings. The first-order valence-electron chi connectivity index (χ1n) is 10.1. The van der Waals surface area contributed by atoms with Crippen LogP contribution in [0.5, 0.6) is 5.75 Å². The van der Waals surface area contributed by atoms with Gasteiger partial charge >= 0.3 is 5.97 Å². The lowest BCUT2D eigenvalue weighted by atomic mass is 10.1. The maximum atomic E-state index is 11.0. The second-order valence-electron chi connectivity index (χ2n) is 7.08. The van der Waals surface area contributed by atoms with Crippen LogP contribution < -0.4 is 4.74 Å². The van der Waals surface area contributed by atoms with Gasteiger partial charge < -0.3 is 9.84 Å². The number of carboxylic acid groups (broad SMARTS) is 1. The summed E-state index contributed by atoms with van der Waals surface area (Å²) < 4.78 is 7.57. The summed E-state index contributed by atoms with van der Waals surface area (Å²) in [7, 11) is 0. The molecule has 7 heteroatoms. The first-order chi connectivity index (χ1) is 14.6. The lowest BCUT2D eigenvalue weighted by molar-refractivity contribution is 0.0697. The van der Waals surface area contributed by atoms with E-state index in [0.717, 1.165) is 45.6 Å². The Morgan fingerprint density at radius 3 is 2.43 bits per heavy atom. The fourth-order valence-electron chi connectivity index (χ4n) is 3.15. The van der Waals surface area contributed by atoms with Crippen molar-refractivity contribution in [2.24, 2.45) is 0 Å². The van der Waals surface area contributed by atoms with Crippen molar-refractivity contribution in [1.82, 2.24) is 14.6 Å². The van der Waals surface area contributed by atoms with Gasteiger partial charge in [0.05, 0.1) is 24.1 Å². The molecule has 154 valence electrons. The quantitative estimate of drug-likeness (QED) is 0.347. The molecule has 2 aromatic heterocycles. The number of fused-ring (bicyclic) bond motifs is 1. The highest BCUT2D eigenvalue weighted by molar-refractivity contribution is 7.19. The summed E-state index contributed by atoms with van der Waals surface area (Å²) in [4.78, 5) is 16.5. The Hall–Kier alpha value is -3.19. The summed E-state index contributed by atoms with van der Waals surface area (Å²) in [6.07, 6.45) is 6.67. The minimum absolute atomic E-state index is 0.260. The SMILES string of the molecule is CCCCCCOc1ccc(-c2cn3nc(-c4ccc(C(=O)O)cc4)sc3n2)cc1. The predicted molar refractivity (Wildman–Crippen MR) is 118 cm³/mol. The Labute approximate surface area is 178 Å². The molecule has 0 saturated heterocycles. The molecule has 0 aliphatic carbocycles. The van der Waals surface area contributed by atoms with Crippen LogP contribution in [0.1, 0.15) is 43.0 Å². The van der Waals surface area contributed by atoms with Crippen molar-refractivity contribution in [2.45, 2.75) is 32.6 Å². The largest absolute Gasteiger partial charge is 0.494 e. The number of rotatable bonds is 9. The van der Waals surface area contributed by atoms with Crippen LogP contribution in [0.15, 0.2) is 54.7 Å². The molecular formula is C23H23N3O3S. The number of unbranched alkanes of at least 4 members (excludes halogenated alkanes) is 3. The molecule has 2 aromatic carbocycles. The van der Waals surface area contributed by atoms with Crippen LogP contribution in [0.4, 0.5) is 0 Å². The molecule has 4 aromatic rings. The van der Waals surface area contributed by atoms with Crippen LogP contribution in [0, 0.1) is 0 Å². The van der Waals surface area contributed by atoms with E-state index in [-0.39, 0.29) is 5.56 Å². The topological polar surface area (TPSA) is 76.7 Å². The summed E-state index contributed by atoms with van der Waals surface area (Å²) >= 11 is 1.47. The van der Waals surface area contributed by atoms with E-state index in [2.05, 4.69) is 17.0 Å². The summed E-state index contributed by atoms with van der Waals surface area (Å²) in [5.74, 6) is -0.0606. The Morgan fingerprint density at radius 1 is 1.03 bits per heavy atom. The summed E-state index contributed by atoms with van der Waals surface area (Å²) in [6, 6.07) is 14.7. The Kier molecular flexibility index (Phi) is 6.09. The van der Waals surface area contributed by atoms with Gasteiger partial charge in [-0.05, 0) is 42.8 Å². The normalized spacial score (nSPS) is 11.1. The average Bonchev–Trinajstić information content (AvgIpc) is 3.34. The maximum absolute atomic E-state index is 11.0. The molecule has 0 unspecified atom stereocenters. The zero-order valence-electron chi connectivity index (χ0n) is 16.7. The van der Waals surface area contributed by atoms with Gasteiger partial charge in [0.2, 0.25) is 4.96 Å². The van der Waals surface area contributed by atoms with Gasteiger partial charge in [-0.15, -0.1) is 0 Å². The molecule has 30 heavy (non-hydrogen) atoms. The van der Waals surface area contributed by atoms with E-state index < -0.39 is 5.97 Å². The highest BCUT2D eigenvalue weighted by Gasteiger charge is 2.12. The molecule has 0 amide bonds. The molecule has 4 rings (SSSR count). The molecule has 0 atom stereocenters. The number of aromatic carboxylic acids is 1. The number of hydrogen-bond acceptors (Lipinski definition) is 5.